The van der Waals surface area contributed by atoms with Gasteiger partial charge in [-0.15, -0.1) is 0 Å². The van der Waals surface area contributed by atoms with Crippen molar-refractivity contribution in [2.45, 2.75) is 6.92 Å². The van der Waals surface area contributed by atoms with E-state index in [0.29, 0.717) is 5.56 Å². The topological polar surface area (TPSA) is 30.2 Å². The number of methoxy groups -OCH3 is 1. The van der Waals surface area contributed by atoms with Gasteiger partial charge in [0.15, 0.2) is 24.4 Å². The first-order valence-corrected chi connectivity index (χ1v) is 6.03. The Morgan fingerprint density at radius 3 is 2.58 bits per heavy atom. The maximum atomic E-state index is 12.0. The summed E-state index contributed by atoms with van der Waals surface area (Å²) in [6.07, 6.45) is 7.16. The van der Waals surface area contributed by atoms with E-state index in [1.807, 2.05) is 36.0 Å². The lowest BCUT2D eigenvalue weighted by atomic mass is 10.1. The molecule has 3 nitrogen and oxygen atoms in total. The van der Waals surface area contributed by atoms with Crippen LogP contribution >= 0.6 is 0 Å². The lowest BCUT2D eigenvalue weighted by Crippen LogP contribution is -2.25. The quantitative estimate of drug-likeness (QED) is 0.477. The minimum Gasteiger partial charge on any atom is -0.497 e. The van der Waals surface area contributed by atoms with E-state index in [1.165, 1.54) is 0 Å². The molecule has 0 amide bonds. The Hall–Kier alpha value is -2.42. The molecule has 0 N–H and O–H groups in total. The summed E-state index contributed by atoms with van der Waals surface area (Å²) in [5.74, 6) is 0.713. The Kier molecular flexibility index (Phi) is 4.08. The predicted octanol–water partition coefficient (Wildman–Crippen LogP) is 2.64. The fourth-order valence-electron chi connectivity index (χ4n) is 1.71. The molecule has 3 heteroatoms. The summed E-state index contributed by atoms with van der Waals surface area (Å²) in [5.41, 5.74) is 1.79. The molecule has 0 saturated heterocycles. The summed E-state index contributed by atoms with van der Waals surface area (Å²) in [5, 5.41) is 0. The van der Waals surface area contributed by atoms with Gasteiger partial charge in [-0.1, -0.05) is 0 Å². The number of nitrogens with zero attached hydrogens (tertiary/aromatic N) is 1. The number of aryl methyl sites for hydroxylation is 1. The van der Waals surface area contributed by atoms with E-state index in [0.717, 1.165) is 11.3 Å². The van der Waals surface area contributed by atoms with Crippen LogP contribution in [0.25, 0.3) is 6.20 Å². The van der Waals surface area contributed by atoms with Crippen LogP contribution in [0.3, 0.4) is 0 Å². The number of hydrogen-bond donors (Lipinski definition) is 0. The van der Waals surface area contributed by atoms with Gasteiger partial charge in [0, 0.05) is 17.2 Å². The molecule has 0 aliphatic rings. The number of ketones is 1. The number of ether oxygens (including phenoxy) is 1. The molecule has 0 unspecified atom stereocenters. The van der Waals surface area contributed by atoms with Gasteiger partial charge in [0.2, 0.25) is 0 Å². The smallest absolute Gasteiger partial charge is 0.191 e. The van der Waals surface area contributed by atoms with Crippen molar-refractivity contribution in [2.75, 3.05) is 7.11 Å². The SMILES string of the molecule is COc1ccc(C(=O)/C=C\[n+]2cccc(C)c2)cc1. The molecule has 1 aromatic heterocycles. The van der Waals surface area contributed by atoms with Crippen molar-refractivity contribution >= 4 is 12.0 Å². The number of pyridine rings is 1. The van der Waals surface area contributed by atoms with Crippen molar-refractivity contribution in [1.29, 1.82) is 0 Å². The molecule has 0 radical (unpaired) electrons. The summed E-state index contributed by atoms with van der Waals surface area (Å²) >= 11 is 0. The normalized spacial score (nSPS) is 10.6. The minimum atomic E-state index is -0.0309. The Morgan fingerprint density at radius 2 is 1.95 bits per heavy atom. The monoisotopic (exact) mass is 254 g/mol. The van der Waals surface area contributed by atoms with E-state index in [1.54, 1.807) is 43.7 Å². The molecule has 2 rings (SSSR count). The molecule has 2 aromatic rings. The number of aromatic nitrogens is 1. The second kappa shape index (κ2) is 5.96. The first-order valence-electron chi connectivity index (χ1n) is 6.03. The van der Waals surface area contributed by atoms with Gasteiger partial charge < -0.3 is 4.74 Å². The number of hydrogen-bond acceptors (Lipinski definition) is 2. The number of rotatable bonds is 4. The van der Waals surface area contributed by atoms with Crippen LogP contribution in [0.1, 0.15) is 15.9 Å². The Labute approximate surface area is 112 Å². The second-order valence-corrected chi connectivity index (χ2v) is 4.24. The van der Waals surface area contributed by atoms with E-state index in [9.17, 15) is 4.79 Å². The summed E-state index contributed by atoms with van der Waals surface area (Å²) < 4.78 is 6.92. The molecular weight excluding hydrogens is 238 g/mol. The molecule has 0 spiro atoms. The van der Waals surface area contributed by atoms with Crippen LogP contribution in [0.2, 0.25) is 0 Å². The van der Waals surface area contributed by atoms with Gasteiger partial charge in [-0.25, -0.2) is 0 Å². The van der Waals surface area contributed by atoms with E-state index < -0.39 is 0 Å². The Balaban J connectivity index is 2.11. The van der Waals surface area contributed by atoms with Crippen molar-refractivity contribution in [3.8, 4) is 5.75 Å². The van der Waals surface area contributed by atoms with E-state index in [-0.39, 0.29) is 5.78 Å². The molecular formula is C16H16NO2+. The van der Waals surface area contributed by atoms with Crippen molar-refractivity contribution in [1.82, 2.24) is 0 Å². The fourth-order valence-corrected chi connectivity index (χ4v) is 1.71. The van der Waals surface area contributed by atoms with Gasteiger partial charge in [-0.05, 0) is 37.3 Å². The second-order valence-electron chi connectivity index (χ2n) is 4.24. The van der Waals surface area contributed by atoms with E-state index >= 15 is 0 Å². The first-order chi connectivity index (χ1) is 9.19. The molecule has 96 valence electrons. The van der Waals surface area contributed by atoms with Crippen LogP contribution in [0.15, 0.2) is 54.9 Å². The van der Waals surface area contributed by atoms with Gasteiger partial charge in [0.25, 0.3) is 0 Å². The molecule has 0 saturated carbocycles. The number of allylic oxidation sites excluding steroid dienone is 1. The van der Waals surface area contributed by atoms with Gasteiger partial charge >= 0.3 is 0 Å². The molecule has 0 fully saturated rings. The van der Waals surface area contributed by atoms with Crippen molar-refractivity contribution < 1.29 is 14.1 Å². The molecule has 0 aliphatic heterocycles. The van der Waals surface area contributed by atoms with Gasteiger partial charge in [0.1, 0.15) is 5.75 Å². The summed E-state index contributed by atoms with van der Waals surface area (Å²) in [6, 6.07) is 11.0. The fraction of sp³-hybridized carbons (Fsp3) is 0.125. The highest BCUT2D eigenvalue weighted by Gasteiger charge is 2.03. The molecule has 0 aliphatic carbocycles. The van der Waals surface area contributed by atoms with Crippen LogP contribution in [0.4, 0.5) is 0 Å². The highest BCUT2D eigenvalue weighted by Crippen LogP contribution is 2.11. The number of carbonyl (C=O) groups excluding carboxylic acids is 1. The van der Waals surface area contributed by atoms with Gasteiger partial charge in [-0.2, -0.15) is 4.57 Å². The van der Waals surface area contributed by atoms with Crippen LogP contribution in [-0.2, 0) is 0 Å². The van der Waals surface area contributed by atoms with E-state index in [4.69, 9.17) is 4.74 Å². The van der Waals surface area contributed by atoms with Crippen LogP contribution in [0, 0.1) is 6.92 Å². The zero-order chi connectivity index (χ0) is 13.7. The van der Waals surface area contributed by atoms with Crippen molar-refractivity contribution in [2.24, 2.45) is 0 Å². The molecule has 1 heterocycles. The molecule has 0 atom stereocenters. The third kappa shape index (κ3) is 3.52. The Bertz CT molecular complexity index is 600. The molecule has 1 aromatic carbocycles. The van der Waals surface area contributed by atoms with Crippen LogP contribution in [0.5, 0.6) is 5.75 Å². The highest BCUT2D eigenvalue weighted by molar-refractivity contribution is 6.05. The average Bonchev–Trinajstić information content (AvgIpc) is 2.45. The summed E-state index contributed by atoms with van der Waals surface area (Å²) in [4.78, 5) is 12.0. The van der Waals surface area contributed by atoms with E-state index in [2.05, 4.69) is 0 Å². The van der Waals surface area contributed by atoms with Gasteiger partial charge in [-0.3, -0.25) is 4.79 Å². The van der Waals surface area contributed by atoms with Crippen molar-refractivity contribution in [3.63, 3.8) is 0 Å². The highest BCUT2D eigenvalue weighted by atomic mass is 16.5. The lowest BCUT2D eigenvalue weighted by molar-refractivity contribution is -0.568. The first kappa shape index (κ1) is 13.0. The third-order valence-corrected chi connectivity index (χ3v) is 2.74. The largest absolute Gasteiger partial charge is 0.497 e. The predicted molar refractivity (Wildman–Crippen MR) is 74.0 cm³/mol. The molecule has 0 bridgehead atoms. The zero-order valence-corrected chi connectivity index (χ0v) is 11.0. The Morgan fingerprint density at radius 1 is 1.21 bits per heavy atom. The van der Waals surface area contributed by atoms with Crippen LogP contribution in [-0.4, -0.2) is 12.9 Å². The average molecular weight is 254 g/mol. The standard InChI is InChI=1S/C16H16NO2/c1-13-4-3-10-17(12-13)11-9-16(18)14-5-7-15(19-2)8-6-14/h3-12H,1-2H3/q+1/b11-9-. The lowest BCUT2D eigenvalue weighted by Gasteiger charge is -1.99. The summed E-state index contributed by atoms with van der Waals surface area (Å²) in [7, 11) is 1.60. The van der Waals surface area contributed by atoms with Crippen molar-refractivity contribution in [3.05, 3.63) is 66.0 Å². The summed E-state index contributed by atoms with van der Waals surface area (Å²) in [6.45, 7) is 2.01. The molecule has 19 heavy (non-hydrogen) atoms. The maximum Gasteiger partial charge on any atom is 0.191 e. The van der Waals surface area contributed by atoms with Gasteiger partial charge in [0.05, 0.1) is 13.2 Å². The number of benzene rings is 1. The van der Waals surface area contributed by atoms with Crippen LogP contribution < -0.4 is 9.30 Å². The minimum absolute atomic E-state index is 0.0309. The maximum absolute atomic E-state index is 12.0. The zero-order valence-electron chi connectivity index (χ0n) is 11.0. The number of carbonyl (C=O) groups is 1. The third-order valence-electron chi connectivity index (χ3n) is 2.74.